The molecule has 14 heteroatoms. The van der Waals surface area contributed by atoms with E-state index in [4.69, 9.17) is 11.5 Å². The summed E-state index contributed by atoms with van der Waals surface area (Å²) in [7, 11) is 0. The van der Waals surface area contributed by atoms with Crippen molar-refractivity contribution >= 4 is 47.2 Å². The summed E-state index contributed by atoms with van der Waals surface area (Å²) in [6.07, 6.45) is 6.06. The highest BCUT2D eigenvalue weighted by molar-refractivity contribution is 7.80. The number of aromatic nitrogens is 3. The molecule has 2 heterocycles. The van der Waals surface area contributed by atoms with Crippen LogP contribution in [0, 0.1) is 0 Å². The number of unbranched alkanes of at least 4 members (excludes halogenated alkanes) is 1. The first kappa shape index (κ1) is 30.7. The van der Waals surface area contributed by atoms with Crippen LogP contribution in [0.1, 0.15) is 30.5 Å². The van der Waals surface area contributed by atoms with E-state index < -0.39 is 47.9 Å². The molecular formula is C26H36N8O5S. The number of imidazole rings is 1. The van der Waals surface area contributed by atoms with E-state index in [0.29, 0.717) is 25.1 Å². The molecule has 0 aliphatic heterocycles. The molecule has 0 saturated carbocycles. The average Bonchev–Trinajstić information content (AvgIpc) is 3.61. The number of para-hydroxylation sites is 1. The van der Waals surface area contributed by atoms with E-state index in [2.05, 4.69) is 43.5 Å². The van der Waals surface area contributed by atoms with Crippen LogP contribution in [0.3, 0.4) is 0 Å². The van der Waals surface area contributed by atoms with E-state index in [-0.39, 0.29) is 25.0 Å². The SMILES string of the molecule is NCCCCC(NC(=O)C(Cc1c[nH]c2ccccc12)NC(=O)C(N)CS)C(=O)NC(Cc1cnc[nH]1)C(=O)O. The van der Waals surface area contributed by atoms with Gasteiger partial charge in [-0.3, -0.25) is 14.4 Å². The third-order valence-electron chi connectivity index (χ3n) is 6.44. The van der Waals surface area contributed by atoms with Crippen LogP contribution < -0.4 is 27.4 Å². The van der Waals surface area contributed by atoms with Crippen molar-refractivity contribution in [2.45, 2.75) is 56.3 Å². The number of carbonyl (C=O) groups is 4. The maximum atomic E-state index is 13.5. The van der Waals surface area contributed by atoms with Crippen LogP contribution in [-0.4, -0.2) is 80.2 Å². The van der Waals surface area contributed by atoms with Gasteiger partial charge in [0.1, 0.15) is 18.1 Å². The summed E-state index contributed by atoms with van der Waals surface area (Å²) >= 11 is 4.07. The molecule has 0 bridgehead atoms. The molecule has 4 atom stereocenters. The number of carboxylic acid groups (broad SMARTS) is 1. The molecule has 3 rings (SSSR count). The van der Waals surface area contributed by atoms with Crippen LogP contribution in [0.5, 0.6) is 0 Å². The fraction of sp³-hybridized carbons (Fsp3) is 0.423. The van der Waals surface area contributed by atoms with E-state index in [1.807, 2.05) is 24.3 Å². The van der Waals surface area contributed by atoms with Gasteiger partial charge in [0.05, 0.1) is 12.4 Å². The minimum Gasteiger partial charge on any atom is -0.480 e. The van der Waals surface area contributed by atoms with Crippen LogP contribution in [0.4, 0.5) is 0 Å². The maximum absolute atomic E-state index is 13.5. The molecule has 2 aromatic heterocycles. The standard InChI is InChI=1S/C26H36N8O5S/c27-8-4-3-7-20(24(36)34-22(26(38)39)10-16-12-29-14-31-16)32-25(37)21(33-23(35)18(28)13-40)9-15-11-30-19-6-2-1-5-17(15)19/h1-2,5-6,11-12,14,18,20-22,30,40H,3-4,7-10,13,27-28H2,(H,29,31)(H,32,37)(H,33,35)(H,34,36)(H,38,39). The normalized spacial score (nSPS) is 14.2. The Morgan fingerprint density at radius 1 is 0.950 bits per heavy atom. The summed E-state index contributed by atoms with van der Waals surface area (Å²) in [4.78, 5) is 61.1. The molecule has 0 fully saturated rings. The first-order valence-corrected chi connectivity index (χ1v) is 13.6. The van der Waals surface area contributed by atoms with E-state index in [1.165, 1.54) is 12.5 Å². The molecule has 10 N–H and O–H groups in total. The van der Waals surface area contributed by atoms with Crippen molar-refractivity contribution in [3.63, 3.8) is 0 Å². The summed E-state index contributed by atoms with van der Waals surface area (Å²) in [6.45, 7) is 0.390. The van der Waals surface area contributed by atoms with Crippen LogP contribution in [0.15, 0.2) is 43.0 Å². The summed E-state index contributed by atoms with van der Waals surface area (Å²) in [5, 5.41) is 18.4. The molecule has 0 radical (unpaired) electrons. The third-order valence-corrected chi connectivity index (χ3v) is 6.83. The number of hydrogen-bond acceptors (Lipinski definition) is 8. The average molecular weight is 573 g/mol. The van der Waals surface area contributed by atoms with Gasteiger partial charge < -0.3 is 42.5 Å². The van der Waals surface area contributed by atoms with Gasteiger partial charge in [0.25, 0.3) is 0 Å². The highest BCUT2D eigenvalue weighted by atomic mass is 32.1. The van der Waals surface area contributed by atoms with Crippen molar-refractivity contribution in [2.24, 2.45) is 11.5 Å². The smallest absolute Gasteiger partial charge is 0.326 e. The Morgan fingerprint density at radius 2 is 1.65 bits per heavy atom. The monoisotopic (exact) mass is 572 g/mol. The number of rotatable bonds is 16. The number of fused-ring (bicyclic) bond motifs is 1. The Bertz CT molecular complexity index is 1280. The summed E-state index contributed by atoms with van der Waals surface area (Å²) in [5.41, 5.74) is 13.6. The molecule has 0 aliphatic carbocycles. The van der Waals surface area contributed by atoms with Gasteiger partial charge in [-0.2, -0.15) is 12.6 Å². The zero-order chi connectivity index (χ0) is 29.1. The van der Waals surface area contributed by atoms with Crippen molar-refractivity contribution in [2.75, 3.05) is 12.3 Å². The first-order chi connectivity index (χ1) is 19.2. The molecule has 13 nitrogen and oxygen atoms in total. The van der Waals surface area contributed by atoms with Crippen LogP contribution >= 0.6 is 12.6 Å². The lowest BCUT2D eigenvalue weighted by Gasteiger charge is -2.25. The number of thiol groups is 1. The van der Waals surface area contributed by atoms with E-state index in [1.54, 1.807) is 6.20 Å². The fourth-order valence-corrected chi connectivity index (χ4v) is 4.38. The van der Waals surface area contributed by atoms with Crippen molar-refractivity contribution in [3.05, 3.63) is 54.2 Å². The highest BCUT2D eigenvalue weighted by Crippen LogP contribution is 2.19. The number of H-pyrrole nitrogens is 2. The Kier molecular flexibility index (Phi) is 11.5. The fourth-order valence-electron chi connectivity index (χ4n) is 4.21. The molecule has 40 heavy (non-hydrogen) atoms. The lowest BCUT2D eigenvalue weighted by molar-refractivity contribution is -0.142. The summed E-state index contributed by atoms with van der Waals surface area (Å²) in [5.74, 6) is -3.01. The maximum Gasteiger partial charge on any atom is 0.326 e. The quantitative estimate of drug-likeness (QED) is 0.0810. The van der Waals surface area contributed by atoms with Gasteiger partial charge >= 0.3 is 5.97 Å². The number of nitrogens with one attached hydrogen (secondary N) is 5. The van der Waals surface area contributed by atoms with Gasteiger partial charge in [-0.25, -0.2) is 9.78 Å². The minimum absolute atomic E-state index is 0.0224. The molecule has 0 saturated heterocycles. The molecule has 4 unspecified atom stereocenters. The molecule has 216 valence electrons. The molecule has 0 spiro atoms. The van der Waals surface area contributed by atoms with Crippen molar-refractivity contribution in [1.82, 2.24) is 30.9 Å². The van der Waals surface area contributed by atoms with Crippen LogP contribution in [0.25, 0.3) is 10.9 Å². The molecule has 3 amide bonds. The zero-order valence-corrected chi connectivity index (χ0v) is 22.8. The van der Waals surface area contributed by atoms with Crippen LogP contribution in [0.2, 0.25) is 0 Å². The largest absolute Gasteiger partial charge is 0.480 e. The minimum atomic E-state index is -1.25. The van der Waals surface area contributed by atoms with Crippen molar-refractivity contribution < 1.29 is 24.3 Å². The Labute approximate surface area is 236 Å². The number of benzene rings is 1. The van der Waals surface area contributed by atoms with E-state index in [0.717, 1.165) is 16.5 Å². The number of carbonyl (C=O) groups excluding carboxylic acids is 3. The van der Waals surface area contributed by atoms with Gasteiger partial charge in [0.2, 0.25) is 17.7 Å². The Morgan fingerprint density at radius 3 is 2.33 bits per heavy atom. The molecule has 1 aromatic carbocycles. The number of nitrogens with two attached hydrogens (primary N) is 2. The predicted molar refractivity (Wildman–Crippen MR) is 152 cm³/mol. The Hall–Kier alpha value is -3.88. The van der Waals surface area contributed by atoms with Gasteiger partial charge in [0.15, 0.2) is 0 Å². The third kappa shape index (κ3) is 8.56. The molecule has 3 aromatic rings. The Balaban J connectivity index is 1.80. The van der Waals surface area contributed by atoms with Crippen LogP contribution in [-0.2, 0) is 32.0 Å². The predicted octanol–water partition coefficient (Wildman–Crippen LogP) is -0.399. The van der Waals surface area contributed by atoms with E-state index >= 15 is 0 Å². The molecule has 0 aliphatic rings. The van der Waals surface area contributed by atoms with Gasteiger partial charge in [0, 0.05) is 47.6 Å². The van der Waals surface area contributed by atoms with Gasteiger partial charge in [-0.05, 0) is 37.4 Å². The summed E-state index contributed by atoms with van der Waals surface area (Å²) in [6, 6.07) is 3.20. The lowest BCUT2D eigenvalue weighted by Crippen LogP contribution is -2.58. The molecular weight excluding hydrogens is 536 g/mol. The first-order valence-electron chi connectivity index (χ1n) is 13.0. The van der Waals surface area contributed by atoms with Crippen molar-refractivity contribution in [1.29, 1.82) is 0 Å². The second-order valence-electron chi connectivity index (χ2n) is 9.44. The second-order valence-corrected chi connectivity index (χ2v) is 9.81. The second kappa shape index (κ2) is 15.1. The van der Waals surface area contributed by atoms with E-state index in [9.17, 15) is 24.3 Å². The zero-order valence-electron chi connectivity index (χ0n) is 21.9. The number of hydrogen-bond donors (Lipinski definition) is 9. The topological polar surface area (TPSA) is 221 Å². The number of aliphatic carboxylic acids is 1. The number of carboxylic acids is 1. The lowest BCUT2D eigenvalue weighted by atomic mass is 10.0. The number of aromatic amines is 2. The highest BCUT2D eigenvalue weighted by Gasteiger charge is 2.31. The van der Waals surface area contributed by atoms with Crippen molar-refractivity contribution in [3.8, 4) is 0 Å². The number of nitrogens with zero attached hydrogens (tertiary/aromatic N) is 1. The summed E-state index contributed by atoms with van der Waals surface area (Å²) < 4.78 is 0. The van der Waals surface area contributed by atoms with Gasteiger partial charge in [-0.1, -0.05) is 18.2 Å². The van der Waals surface area contributed by atoms with Gasteiger partial charge in [-0.15, -0.1) is 0 Å². The number of amides is 3.